The third-order valence-electron chi connectivity index (χ3n) is 4.78. The molecule has 0 unspecified atom stereocenters. The smallest absolute Gasteiger partial charge is 0.338 e. The highest BCUT2D eigenvalue weighted by atomic mass is 16.5. The number of aryl methyl sites for hydroxylation is 1. The number of nitrogens with zero attached hydrogens (tertiary/aromatic N) is 1. The number of carbonyl (C=O) groups is 1. The number of carbonyl (C=O) groups excluding carboxylic acids is 1. The molecule has 0 aliphatic rings. The summed E-state index contributed by atoms with van der Waals surface area (Å²) in [5, 5.41) is 0. The van der Waals surface area contributed by atoms with Gasteiger partial charge >= 0.3 is 5.97 Å². The molecule has 144 valence electrons. The lowest BCUT2D eigenvalue weighted by Crippen LogP contribution is -2.17. The first kappa shape index (κ1) is 19.5. The predicted octanol–water partition coefficient (Wildman–Crippen LogP) is 4.16. The number of esters is 1. The predicted molar refractivity (Wildman–Crippen MR) is 109 cm³/mol. The van der Waals surface area contributed by atoms with Gasteiger partial charge in [-0.25, -0.2) is 9.78 Å². The summed E-state index contributed by atoms with van der Waals surface area (Å²) < 4.78 is 4.88. The van der Waals surface area contributed by atoms with Crippen molar-refractivity contribution in [3.05, 3.63) is 87.6 Å². The highest BCUT2D eigenvalue weighted by Crippen LogP contribution is 2.25. The van der Waals surface area contributed by atoms with E-state index in [9.17, 15) is 9.59 Å². The van der Waals surface area contributed by atoms with E-state index in [1.165, 1.54) is 13.4 Å². The van der Waals surface area contributed by atoms with Crippen LogP contribution in [-0.2, 0) is 17.6 Å². The van der Waals surface area contributed by atoms with Crippen LogP contribution in [0.15, 0.2) is 59.7 Å². The zero-order valence-electron chi connectivity index (χ0n) is 16.2. The fraction of sp³-hybridized carbons (Fsp3) is 0.261. The first-order valence-electron chi connectivity index (χ1n) is 9.46. The maximum atomic E-state index is 12.3. The Morgan fingerprint density at radius 2 is 1.86 bits per heavy atom. The number of ether oxygens (including phenoxy) is 1. The summed E-state index contributed by atoms with van der Waals surface area (Å²) in [5.41, 5.74) is 4.81. The molecule has 0 atom stereocenters. The maximum Gasteiger partial charge on any atom is 0.338 e. The molecule has 0 bridgehead atoms. The van der Waals surface area contributed by atoms with Crippen molar-refractivity contribution >= 4 is 5.97 Å². The summed E-state index contributed by atoms with van der Waals surface area (Å²) in [5.74, 6) is -0.359. The SMILES string of the molecule is CCCCc1nc[nH]c(=O)c1Cc1ccc(-c2ccccc2C(=O)OC)cc1. The van der Waals surface area contributed by atoms with Gasteiger partial charge in [0.05, 0.1) is 24.7 Å². The molecule has 3 aromatic rings. The van der Waals surface area contributed by atoms with Crippen molar-refractivity contribution in [2.24, 2.45) is 0 Å². The zero-order chi connectivity index (χ0) is 19.9. The third kappa shape index (κ3) is 4.36. The van der Waals surface area contributed by atoms with Gasteiger partial charge in [-0.1, -0.05) is 55.8 Å². The van der Waals surface area contributed by atoms with Gasteiger partial charge in [0.15, 0.2) is 0 Å². The average molecular weight is 376 g/mol. The molecule has 0 spiro atoms. The van der Waals surface area contributed by atoms with Crippen molar-refractivity contribution in [3.63, 3.8) is 0 Å². The second kappa shape index (κ2) is 9.13. The molecule has 0 radical (unpaired) electrons. The first-order chi connectivity index (χ1) is 13.6. The number of aromatic amines is 1. The number of benzene rings is 2. The molecule has 0 amide bonds. The fourth-order valence-corrected chi connectivity index (χ4v) is 3.24. The van der Waals surface area contributed by atoms with Gasteiger partial charge in [-0.15, -0.1) is 0 Å². The summed E-state index contributed by atoms with van der Waals surface area (Å²) in [4.78, 5) is 31.4. The number of hydrogen-bond donors (Lipinski definition) is 1. The van der Waals surface area contributed by atoms with Gasteiger partial charge in [0, 0.05) is 12.0 Å². The third-order valence-corrected chi connectivity index (χ3v) is 4.78. The molecular weight excluding hydrogens is 352 g/mol. The minimum Gasteiger partial charge on any atom is -0.465 e. The quantitative estimate of drug-likeness (QED) is 0.629. The second-order valence-electron chi connectivity index (χ2n) is 6.67. The minimum absolute atomic E-state index is 0.0822. The van der Waals surface area contributed by atoms with Gasteiger partial charge in [0.25, 0.3) is 5.56 Å². The number of aromatic nitrogens is 2. The van der Waals surface area contributed by atoms with Crippen molar-refractivity contribution in [1.29, 1.82) is 0 Å². The van der Waals surface area contributed by atoms with E-state index >= 15 is 0 Å². The molecule has 2 aromatic carbocycles. The van der Waals surface area contributed by atoms with Gasteiger partial charge in [-0.05, 0) is 35.6 Å². The minimum atomic E-state index is -0.359. The lowest BCUT2D eigenvalue weighted by atomic mass is 9.96. The molecule has 5 heteroatoms. The second-order valence-corrected chi connectivity index (χ2v) is 6.67. The molecule has 1 aromatic heterocycles. The molecule has 3 rings (SSSR count). The number of nitrogens with one attached hydrogen (secondary N) is 1. The number of unbranched alkanes of at least 4 members (excludes halogenated alkanes) is 1. The summed E-state index contributed by atoms with van der Waals surface area (Å²) >= 11 is 0. The lowest BCUT2D eigenvalue weighted by molar-refractivity contribution is 0.0601. The van der Waals surface area contributed by atoms with Crippen molar-refractivity contribution in [3.8, 4) is 11.1 Å². The van der Waals surface area contributed by atoms with E-state index in [1.807, 2.05) is 42.5 Å². The van der Waals surface area contributed by atoms with Gasteiger partial charge in [-0.2, -0.15) is 0 Å². The zero-order valence-corrected chi connectivity index (χ0v) is 16.2. The van der Waals surface area contributed by atoms with Gasteiger partial charge in [0.1, 0.15) is 0 Å². The van der Waals surface area contributed by atoms with Crippen molar-refractivity contribution in [2.45, 2.75) is 32.6 Å². The average Bonchev–Trinajstić information content (AvgIpc) is 2.74. The van der Waals surface area contributed by atoms with Crippen LogP contribution in [-0.4, -0.2) is 23.0 Å². The molecule has 1 N–H and O–H groups in total. The van der Waals surface area contributed by atoms with Crippen molar-refractivity contribution in [2.75, 3.05) is 7.11 Å². The summed E-state index contributed by atoms with van der Waals surface area (Å²) in [6.07, 6.45) is 4.88. The van der Waals surface area contributed by atoms with Crippen LogP contribution in [0.5, 0.6) is 0 Å². The Hall–Kier alpha value is -3.21. The highest BCUT2D eigenvalue weighted by Gasteiger charge is 2.13. The van der Waals surface area contributed by atoms with E-state index in [1.54, 1.807) is 6.07 Å². The Balaban J connectivity index is 1.88. The summed E-state index contributed by atoms with van der Waals surface area (Å²) in [6, 6.07) is 15.3. The standard InChI is InChI=1S/C23H24N2O3/c1-3-4-9-21-20(22(26)25-15-24-21)14-16-10-12-17(13-11-16)18-7-5-6-8-19(18)23(27)28-2/h5-8,10-13,15H,3-4,9,14H2,1-2H3,(H,24,25,26). The van der Waals surface area contributed by atoms with E-state index in [4.69, 9.17) is 4.74 Å². The number of H-pyrrole nitrogens is 1. The van der Waals surface area contributed by atoms with Crippen molar-refractivity contribution in [1.82, 2.24) is 9.97 Å². The van der Waals surface area contributed by atoms with E-state index in [-0.39, 0.29) is 11.5 Å². The molecule has 0 aliphatic carbocycles. The van der Waals surface area contributed by atoms with Crippen LogP contribution in [0.4, 0.5) is 0 Å². The molecule has 28 heavy (non-hydrogen) atoms. The largest absolute Gasteiger partial charge is 0.465 e. The van der Waals surface area contributed by atoms with Crippen LogP contribution in [0.1, 0.15) is 46.9 Å². The van der Waals surface area contributed by atoms with Crippen LogP contribution in [0.25, 0.3) is 11.1 Å². The highest BCUT2D eigenvalue weighted by molar-refractivity contribution is 5.97. The Morgan fingerprint density at radius 3 is 2.57 bits per heavy atom. The Morgan fingerprint density at radius 1 is 1.11 bits per heavy atom. The monoisotopic (exact) mass is 376 g/mol. The molecule has 0 fully saturated rings. The molecule has 0 aliphatic heterocycles. The topological polar surface area (TPSA) is 72.0 Å². The van der Waals surface area contributed by atoms with Gasteiger partial charge in [0.2, 0.25) is 0 Å². The van der Waals surface area contributed by atoms with Gasteiger partial charge in [-0.3, -0.25) is 4.79 Å². The van der Waals surface area contributed by atoms with Crippen molar-refractivity contribution < 1.29 is 9.53 Å². The molecule has 0 saturated carbocycles. The molecular formula is C23H24N2O3. The number of rotatable bonds is 7. The van der Waals surface area contributed by atoms with Crippen LogP contribution < -0.4 is 5.56 Å². The summed E-state index contributed by atoms with van der Waals surface area (Å²) in [6.45, 7) is 2.12. The normalized spacial score (nSPS) is 10.6. The Labute approximate surface area is 164 Å². The van der Waals surface area contributed by atoms with Crippen LogP contribution >= 0.6 is 0 Å². The first-order valence-corrected chi connectivity index (χ1v) is 9.46. The Kier molecular flexibility index (Phi) is 6.37. The van der Waals surface area contributed by atoms with E-state index in [0.717, 1.165) is 47.2 Å². The summed E-state index contributed by atoms with van der Waals surface area (Å²) in [7, 11) is 1.38. The number of hydrogen-bond acceptors (Lipinski definition) is 4. The van der Waals surface area contributed by atoms with Crippen LogP contribution in [0.2, 0.25) is 0 Å². The van der Waals surface area contributed by atoms with Crippen LogP contribution in [0.3, 0.4) is 0 Å². The Bertz CT molecular complexity index is 1010. The van der Waals surface area contributed by atoms with E-state index in [0.29, 0.717) is 12.0 Å². The molecule has 5 nitrogen and oxygen atoms in total. The molecule has 1 heterocycles. The molecule has 0 saturated heterocycles. The maximum absolute atomic E-state index is 12.3. The number of methoxy groups -OCH3 is 1. The fourth-order valence-electron chi connectivity index (χ4n) is 3.24. The lowest BCUT2D eigenvalue weighted by Gasteiger charge is -2.10. The van der Waals surface area contributed by atoms with E-state index in [2.05, 4.69) is 16.9 Å². The van der Waals surface area contributed by atoms with E-state index < -0.39 is 0 Å². The van der Waals surface area contributed by atoms with Crippen LogP contribution in [0, 0.1) is 0 Å². The van der Waals surface area contributed by atoms with Gasteiger partial charge < -0.3 is 9.72 Å².